The highest BCUT2D eigenvalue weighted by atomic mass is 35.5. The van der Waals surface area contributed by atoms with Crippen LogP contribution in [0.15, 0.2) is 23.1 Å². The number of carbonyl (C=O) groups excluding carboxylic acids is 3. The van der Waals surface area contributed by atoms with Crippen LogP contribution in [0.2, 0.25) is 5.02 Å². The van der Waals surface area contributed by atoms with Crippen molar-refractivity contribution < 1.29 is 19.3 Å². The van der Waals surface area contributed by atoms with Crippen molar-refractivity contribution in [2.45, 2.75) is 0 Å². The Labute approximate surface area is 133 Å². The van der Waals surface area contributed by atoms with Gasteiger partial charge in [-0.15, -0.1) is 0 Å². The van der Waals surface area contributed by atoms with E-state index in [1.807, 2.05) is 0 Å². The molecule has 1 aliphatic heterocycles. The number of carbonyl (C=O) groups is 3. The molecule has 0 aromatic heterocycles. The molecule has 1 aromatic rings. The van der Waals surface area contributed by atoms with Crippen molar-refractivity contribution in [2.24, 2.45) is 5.73 Å². The molecule has 0 bridgehead atoms. The quantitative estimate of drug-likeness (QED) is 0.505. The van der Waals surface area contributed by atoms with E-state index < -0.39 is 28.5 Å². The van der Waals surface area contributed by atoms with Crippen LogP contribution in [-0.2, 0) is 9.59 Å². The average Bonchev–Trinajstić information content (AvgIpc) is 2.68. The lowest BCUT2D eigenvalue weighted by Crippen LogP contribution is -2.36. The van der Waals surface area contributed by atoms with E-state index in [9.17, 15) is 24.5 Å². The number of primary amides is 1. The van der Waals surface area contributed by atoms with Crippen LogP contribution in [0.1, 0.15) is 5.56 Å². The number of hydrogen-bond acceptors (Lipinski definition) is 6. The molecule has 0 radical (unpaired) electrons. The molecule has 1 heterocycles. The van der Waals surface area contributed by atoms with Gasteiger partial charge in [-0.2, -0.15) is 0 Å². The topological polar surface area (TPSA) is 124 Å². The largest absolute Gasteiger partial charge is 0.368 e. The Morgan fingerprint density at radius 3 is 2.73 bits per heavy atom. The van der Waals surface area contributed by atoms with Crippen LogP contribution in [0.5, 0.6) is 0 Å². The molecule has 1 aliphatic rings. The van der Waals surface area contributed by atoms with Gasteiger partial charge in [0.05, 0.1) is 9.83 Å². The predicted octanol–water partition coefficient (Wildman–Crippen LogP) is 1.77. The summed E-state index contributed by atoms with van der Waals surface area (Å²) < 4.78 is 0. The summed E-state index contributed by atoms with van der Waals surface area (Å²) in [6.07, 6.45) is 1.31. The van der Waals surface area contributed by atoms with Gasteiger partial charge in [-0.05, 0) is 29.5 Å². The zero-order valence-corrected chi connectivity index (χ0v) is 12.4. The standard InChI is InChI=1S/C12H8ClN3O5S/c13-7-2-1-6(3-8(7)16(20)21)4-9-11(18)15(5-10(14)17)12(19)22-9/h1-4H,5H2,(H2,14,17)/b9-4-. The zero-order chi connectivity index (χ0) is 16.4. The highest BCUT2D eigenvalue weighted by Crippen LogP contribution is 2.33. The maximum absolute atomic E-state index is 12.0. The molecule has 22 heavy (non-hydrogen) atoms. The predicted molar refractivity (Wildman–Crippen MR) is 80.0 cm³/mol. The first-order valence-electron chi connectivity index (χ1n) is 5.77. The van der Waals surface area contributed by atoms with Gasteiger partial charge in [0, 0.05) is 6.07 Å². The van der Waals surface area contributed by atoms with Gasteiger partial charge >= 0.3 is 0 Å². The van der Waals surface area contributed by atoms with E-state index in [1.165, 1.54) is 24.3 Å². The van der Waals surface area contributed by atoms with Crippen LogP contribution in [0, 0.1) is 10.1 Å². The average molecular weight is 342 g/mol. The van der Waals surface area contributed by atoms with Gasteiger partial charge in [-0.3, -0.25) is 29.4 Å². The number of benzene rings is 1. The second-order valence-electron chi connectivity index (χ2n) is 4.20. The minimum atomic E-state index is -0.814. The van der Waals surface area contributed by atoms with Gasteiger partial charge in [0.15, 0.2) is 0 Å². The normalized spacial score (nSPS) is 16.4. The molecule has 1 aromatic carbocycles. The first kappa shape index (κ1) is 16.0. The number of rotatable bonds is 4. The van der Waals surface area contributed by atoms with E-state index in [-0.39, 0.29) is 15.6 Å². The summed E-state index contributed by atoms with van der Waals surface area (Å²) >= 11 is 6.32. The highest BCUT2D eigenvalue weighted by molar-refractivity contribution is 8.18. The third-order valence-corrected chi connectivity index (χ3v) is 3.88. The minimum Gasteiger partial charge on any atom is -0.368 e. The van der Waals surface area contributed by atoms with Crippen LogP contribution in [-0.4, -0.2) is 33.4 Å². The molecule has 0 aliphatic carbocycles. The van der Waals surface area contributed by atoms with Crippen molar-refractivity contribution in [3.63, 3.8) is 0 Å². The Morgan fingerprint density at radius 1 is 1.45 bits per heavy atom. The second-order valence-corrected chi connectivity index (χ2v) is 5.60. The van der Waals surface area contributed by atoms with Crippen molar-refractivity contribution >= 4 is 52.2 Å². The molecular weight excluding hydrogens is 334 g/mol. The number of nitrogens with two attached hydrogens (primary N) is 1. The number of nitro benzene ring substituents is 1. The van der Waals surface area contributed by atoms with E-state index in [0.29, 0.717) is 22.2 Å². The number of amides is 3. The Morgan fingerprint density at radius 2 is 2.14 bits per heavy atom. The fourth-order valence-corrected chi connectivity index (χ4v) is 2.73. The molecule has 0 unspecified atom stereocenters. The van der Waals surface area contributed by atoms with Crippen molar-refractivity contribution in [1.29, 1.82) is 0 Å². The van der Waals surface area contributed by atoms with Crippen molar-refractivity contribution in [2.75, 3.05) is 6.54 Å². The molecule has 114 valence electrons. The summed E-state index contributed by atoms with van der Waals surface area (Å²) in [5, 5.41) is 10.2. The highest BCUT2D eigenvalue weighted by Gasteiger charge is 2.35. The number of nitrogens with zero attached hydrogens (tertiary/aromatic N) is 2. The van der Waals surface area contributed by atoms with Crippen LogP contribution in [0.25, 0.3) is 6.08 Å². The van der Waals surface area contributed by atoms with Gasteiger partial charge in [-0.1, -0.05) is 17.7 Å². The maximum atomic E-state index is 12.0. The summed E-state index contributed by atoms with van der Waals surface area (Å²) in [5.74, 6) is -1.49. The number of halogens is 1. The third kappa shape index (κ3) is 3.26. The zero-order valence-electron chi connectivity index (χ0n) is 10.8. The molecule has 3 amide bonds. The van der Waals surface area contributed by atoms with Crippen molar-refractivity contribution in [1.82, 2.24) is 4.90 Å². The van der Waals surface area contributed by atoms with Crippen LogP contribution < -0.4 is 5.73 Å². The van der Waals surface area contributed by atoms with E-state index in [0.717, 1.165) is 0 Å². The van der Waals surface area contributed by atoms with Crippen LogP contribution in [0.3, 0.4) is 0 Å². The molecular formula is C12H8ClN3O5S. The Hall–Kier alpha value is -2.39. The van der Waals surface area contributed by atoms with E-state index in [1.54, 1.807) is 0 Å². The summed E-state index contributed by atoms with van der Waals surface area (Å²) in [7, 11) is 0. The second kappa shape index (κ2) is 6.16. The van der Waals surface area contributed by atoms with E-state index in [4.69, 9.17) is 17.3 Å². The number of nitro groups is 1. The molecule has 0 spiro atoms. The lowest BCUT2D eigenvalue weighted by molar-refractivity contribution is -0.384. The fourth-order valence-electron chi connectivity index (χ4n) is 1.70. The number of imide groups is 1. The van der Waals surface area contributed by atoms with Gasteiger partial charge < -0.3 is 5.73 Å². The van der Waals surface area contributed by atoms with Crippen molar-refractivity contribution in [3.8, 4) is 0 Å². The number of thioether (sulfide) groups is 1. The molecule has 1 fully saturated rings. The van der Waals surface area contributed by atoms with Crippen molar-refractivity contribution in [3.05, 3.63) is 43.8 Å². The smallest absolute Gasteiger partial charge is 0.294 e. The van der Waals surface area contributed by atoms with Crippen LogP contribution in [0.4, 0.5) is 10.5 Å². The third-order valence-electron chi connectivity index (χ3n) is 2.65. The maximum Gasteiger partial charge on any atom is 0.294 e. The van der Waals surface area contributed by atoms with E-state index in [2.05, 4.69) is 0 Å². The lowest BCUT2D eigenvalue weighted by Gasteiger charge is -2.08. The molecule has 2 N–H and O–H groups in total. The Bertz CT molecular complexity index is 733. The minimum absolute atomic E-state index is 0.0380. The molecule has 1 saturated heterocycles. The van der Waals surface area contributed by atoms with Gasteiger partial charge in [-0.25, -0.2) is 0 Å². The molecule has 0 saturated carbocycles. The van der Waals surface area contributed by atoms with Crippen LogP contribution >= 0.6 is 23.4 Å². The summed E-state index contributed by atoms with van der Waals surface area (Å²) in [5.41, 5.74) is 4.98. The number of hydrogen-bond donors (Lipinski definition) is 1. The lowest BCUT2D eigenvalue weighted by atomic mass is 10.2. The Balaban J connectivity index is 2.33. The van der Waals surface area contributed by atoms with Gasteiger partial charge in [0.1, 0.15) is 11.6 Å². The summed E-state index contributed by atoms with van der Waals surface area (Å²) in [6.45, 7) is -0.511. The summed E-state index contributed by atoms with van der Waals surface area (Å²) in [4.78, 5) is 45.4. The first-order valence-corrected chi connectivity index (χ1v) is 6.96. The van der Waals surface area contributed by atoms with Gasteiger partial charge in [0.25, 0.3) is 16.8 Å². The molecule has 2 rings (SSSR count). The molecule has 0 atom stereocenters. The van der Waals surface area contributed by atoms with E-state index >= 15 is 0 Å². The Kier molecular flexibility index (Phi) is 4.48. The fraction of sp³-hybridized carbons (Fsp3) is 0.0833. The monoisotopic (exact) mass is 341 g/mol. The van der Waals surface area contributed by atoms with Gasteiger partial charge in [0.2, 0.25) is 5.91 Å². The molecule has 8 nitrogen and oxygen atoms in total. The first-order chi connectivity index (χ1) is 10.3. The SMILES string of the molecule is NC(=O)CN1C(=O)S/C(=C\c2ccc(Cl)c([N+](=O)[O-])c2)C1=O. The summed E-state index contributed by atoms with van der Waals surface area (Å²) in [6, 6.07) is 3.97. The molecule has 10 heteroatoms.